The van der Waals surface area contributed by atoms with Crippen LogP contribution >= 0.6 is 0 Å². The molecule has 2 aliphatic heterocycles. The van der Waals surface area contributed by atoms with Gasteiger partial charge in [0.2, 0.25) is 0 Å². The van der Waals surface area contributed by atoms with Gasteiger partial charge in [-0.15, -0.1) is 0 Å². The normalized spacial score (nSPS) is 31.7. The van der Waals surface area contributed by atoms with Crippen molar-refractivity contribution in [3.63, 3.8) is 0 Å². The summed E-state index contributed by atoms with van der Waals surface area (Å²) in [5, 5.41) is 0. The van der Waals surface area contributed by atoms with E-state index in [1.165, 1.54) is 0 Å². The summed E-state index contributed by atoms with van der Waals surface area (Å²) in [4.78, 5) is 21.1. The third-order valence-electron chi connectivity index (χ3n) is 31.2. The van der Waals surface area contributed by atoms with Crippen molar-refractivity contribution in [1.82, 2.24) is 19.9 Å². The molecule has 0 amide bonds. The lowest BCUT2D eigenvalue weighted by molar-refractivity contribution is 0.475. The van der Waals surface area contributed by atoms with Crippen molar-refractivity contribution in [2.24, 2.45) is 0 Å². The molecule has 24 bridgehead atoms. The van der Waals surface area contributed by atoms with E-state index in [1.807, 2.05) is 0 Å². The Hall–Kier alpha value is -6.88. The second-order valence-electron chi connectivity index (χ2n) is 35.5. The molecule has 8 fully saturated rings. The number of H-pyrrole nitrogens is 2. The van der Waals surface area contributed by atoms with Crippen molar-refractivity contribution >= 4 is 86.8 Å². The Morgan fingerprint density at radius 2 is 0.375 bits per heavy atom. The minimum Gasteiger partial charge on any atom is -0.354 e. The first-order valence-electron chi connectivity index (χ1n) is 39.1. The maximum atomic E-state index is 14.4. The van der Waals surface area contributed by atoms with E-state index in [0.29, 0.717) is 22.8 Å². The average molecular weight is 1460 g/mol. The van der Waals surface area contributed by atoms with Crippen LogP contribution in [0.2, 0.25) is 0 Å². The molecule has 16 atom stereocenters. The quantitative estimate of drug-likeness (QED) is 0.0772. The van der Waals surface area contributed by atoms with Gasteiger partial charge < -0.3 is 9.97 Å². The highest BCUT2D eigenvalue weighted by atomic mass is 32.2. The molecule has 530 valence electrons. The van der Waals surface area contributed by atoms with Gasteiger partial charge in [-0.3, -0.25) is 18.2 Å². The van der Waals surface area contributed by atoms with E-state index < -0.39 is 40.5 Å². The van der Waals surface area contributed by atoms with Crippen LogP contribution in [0.1, 0.15) is 361 Å². The topological polar surface area (TPSA) is 275 Å². The third-order valence-corrected chi connectivity index (χ3v) is 35.0. The summed E-state index contributed by atoms with van der Waals surface area (Å²) < 4.78 is 162. The van der Waals surface area contributed by atoms with Crippen molar-refractivity contribution in [1.29, 1.82) is 0 Å². The van der Waals surface area contributed by atoms with Gasteiger partial charge in [-0.1, -0.05) is 0 Å². The Balaban J connectivity index is 0.890. The van der Waals surface area contributed by atoms with E-state index in [4.69, 9.17) is 9.97 Å². The number of aromatic nitrogens is 4. The molecule has 7 aromatic rings. The van der Waals surface area contributed by atoms with Gasteiger partial charge >= 0.3 is 0 Å². The van der Waals surface area contributed by atoms with E-state index in [2.05, 4.69) is 58.5 Å². The van der Waals surface area contributed by atoms with Gasteiger partial charge in [0, 0.05) is 44.3 Å². The third kappa shape index (κ3) is 7.59. The van der Waals surface area contributed by atoms with Crippen molar-refractivity contribution in [3.8, 4) is 44.5 Å². The minimum absolute atomic E-state index is 0.0253. The monoisotopic (exact) mass is 1460 g/mol. The van der Waals surface area contributed by atoms with Crippen LogP contribution in [0.25, 0.3) is 90.9 Å². The van der Waals surface area contributed by atoms with Crippen LogP contribution in [0.4, 0.5) is 0 Å². The lowest BCUT2D eigenvalue weighted by Gasteiger charge is -2.30. The molecule has 18 aliphatic rings. The summed E-state index contributed by atoms with van der Waals surface area (Å²) in [7, 11) is -18.8. The number of rotatable bonds is 8. The first kappa shape index (κ1) is 61.2. The molecule has 0 spiro atoms. The van der Waals surface area contributed by atoms with E-state index in [9.17, 15) is 51.9 Å². The molecule has 5 heterocycles. The lowest BCUT2D eigenvalue weighted by Crippen LogP contribution is -2.17. The van der Waals surface area contributed by atoms with Crippen molar-refractivity contribution in [2.75, 3.05) is 0 Å². The summed E-state index contributed by atoms with van der Waals surface area (Å²) in [6, 6.07) is 8.65. The van der Waals surface area contributed by atoms with Gasteiger partial charge in [-0.2, -0.15) is 33.7 Å². The number of nitrogens with one attached hydrogen (secondary N) is 2. The predicted octanol–water partition coefficient (Wildman–Crippen LogP) is 19.2. The van der Waals surface area contributed by atoms with Crippen molar-refractivity contribution in [3.05, 3.63) is 136 Å². The molecule has 0 saturated heterocycles. The first-order chi connectivity index (χ1) is 50.1. The van der Waals surface area contributed by atoms with Crippen LogP contribution in [-0.2, 0) is 40.5 Å². The first-order valence-corrected chi connectivity index (χ1v) is 44.9. The molecule has 20 heteroatoms. The Labute approximate surface area is 603 Å². The van der Waals surface area contributed by atoms with Gasteiger partial charge in [-0.05, 0) is 409 Å². The zero-order valence-corrected chi connectivity index (χ0v) is 60.7. The molecule has 104 heavy (non-hydrogen) atoms. The van der Waals surface area contributed by atoms with Crippen LogP contribution in [0.3, 0.4) is 0 Å². The number of hydrogen-bond donors (Lipinski definition) is 6. The zero-order valence-electron chi connectivity index (χ0n) is 57.4. The van der Waals surface area contributed by atoms with Crippen LogP contribution in [0.5, 0.6) is 0 Å². The van der Waals surface area contributed by atoms with Crippen LogP contribution in [0, 0.1) is 0 Å². The largest absolute Gasteiger partial charge is 0.354 e. The fourth-order valence-corrected chi connectivity index (χ4v) is 32.8. The Morgan fingerprint density at radius 1 is 0.231 bits per heavy atom. The predicted molar refractivity (Wildman–Crippen MR) is 395 cm³/mol. The van der Waals surface area contributed by atoms with E-state index in [0.717, 1.165) is 310 Å². The summed E-state index contributed by atoms with van der Waals surface area (Å²) in [5.74, 6) is -0.244. The fourth-order valence-electron chi connectivity index (χ4n) is 28.3. The second-order valence-corrected chi connectivity index (χ2v) is 40.9. The molecule has 16 nitrogen and oxygen atoms in total. The standard InChI is InChI=1S/C84H78N4O12S4/c89-101(90,91)81-65-41-9-1-33(25-41)57(65)77(58-34-2-10-42(26-34)66(58)81)73-49-17-19-51(85-49)74(78-59-35-3-11-43(27-35)67(59)82(102(92,93)94)68-44-12-4-36(28-44)60(68)78)53-21-23-55(87-53)76(80-63-39-7-15-47(31-39)71(63)84(104(98,99)100)72-48-16-8-40(32-48)64(72)80)56-24-22-54(88-56)75(52-20-18-50(73)86-52)79-61-37-5-13-45(29-37)69(61)83(103(95,96)97)70-46-14-6-38(30-46)62(70)79/h17-24,33-48,85,88H,1-16,25-32H2,(H,89,90,91)(H,92,93,94)(H,95,96,97)(H,98,99,100)/t33-,34-,35-,36-,37-,38-,39-,40-,41+,42+,43+,44+,45+,46+,47+,48+/m1/s1. The molecular weight excluding hydrogens is 1390 g/mol. The molecule has 16 aliphatic carbocycles. The Kier molecular flexibility index (Phi) is 11.7. The smallest absolute Gasteiger partial charge is 0.295 e. The zero-order chi connectivity index (χ0) is 69.5. The Bertz CT molecular complexity index is 5260. The minimum atomic E-state index is -4.69. The summed E-state index contributed by atoms with van der Waals surface area (Å²) in [6.45, 7) is 0. The molecule has 0 radical (unpaired) electrons. The SMILES string of the molecule is O=S(=O)(O)c1c2c(c(-c3c4nc(c(-c5c6c(c(S(=O)(=O)O)c7c5[C@@H]5CC[C@H]7C5)[C@H]5CC[C@@H]6C5)c5ccc([nH]5)c(-c5c6c(c(S(=O)(=O)O)c7c5[C@@H]5CC[C@H]7C5)[C@H]5CC[C@@H]6C5)c5nc(c(-c6c7c(c(S(=O)(=O)O)c8c6[C@@H]6CC[C@H]8C6)[C@H]6CC[C@@H]7C6)c6ccc3[nH]6)C=C5)C=C4)c3c1[C@H]1CC[C@@H]3C1)[C@@H]1CC[C@H]2C1. The van der Waals surface area contributed by atoms with E-state index >= 15 is 0 Å². The summed E-state index contributed by atoms with van der Waals surface area (Å²) >= 11 is 0. The number of fused-ring (bicyclic) bond motifs is 48. The molecule has 25 rings (SSSR count). The molecule has 6 N–H and O–H groups in total. The fraction of sp³-hybridized carbons (Fsp3) is 0.476. The van der Waals surface area contributed by atoms with E-state index in [1.54, 1.807) is 0 Å². The molecule has 3 aromatic heterocycles. The van der Waals surface area contributed by atoms with E-state index in [-0.39, 0.29) is 114 Å². The second kappa shape index (κ2) is 19.9. The van der Waals surface area contributed by atoms with Gasteiger partial charge in [0.1, 0.15) is 19.6 Å². The van der Waals surface area contributed by atoms with Gasteiger partial charge in [0.25, 0.3) is 40.5 Å². The Morgan fingerprint density at radius 3 is 0.519 bits per heavy atom. The highest BCUT2D eigenvalue weighted by Crippen LogP contribution is 2.72. The molecular formula is C84H78N4O12S4. The maximum absolute atomic E-state index is 14.4. The van der Waals surface area contributed by atoms with Crippen LogP contribution in [0.15, 0.2) is 43.8 Å². The van der Waals surface area contributed by atoms with Gasteiger partial charge in [-0.25, -0.2) is 9.97 Å². The lowest BCUT2D eigenvalue weighted by atomic mass is 9.76. The highest BCUT2D eigenvalue weighted by Gasteiger charge is 2.57. The number of benzene rings is 4. The number of hydrogen-bond acceptors (Lipinski definition) is 10. The highest BCUT2D eigenvalue weighted by molar-refractivity contribution is 7.86. The molecule has 8 saturated carbocycles. The number of aromatic amines is 2. The summed E-state index contributed by atoms with van der Waals surface area (Å²) in [6.07, 6.45) is 28.3. The van der Waals surface area contributed by atoms with Gasteiger partial charge in [0.15, 0.2) is 0 Å². The van der Waals surface area contributed by atoms with Gasteiger partial charge in [0.05, 0.1) is 22.8 Å². The summed E-state index contributed by atoms with van der Waals surface area (Å²) in [5.41, 5.74) is 27.2. The number of nitrogens with zero attached hydrogens (tertiary/aromatic N) is 2. The maximum Gasteiger partial charge on any atom is 0.295 e. The average Bonchev–Trinajstić information content (AvgIpc) is 1.53. The molecule has 0 unspecified atom stereocenters. The van der Waals surface area contributed by atoms with Crippen molar-refractivity contribution < 1.29 is 51.9 Å². The van der Waals surface area contributed by atoms with Crippen LogP contribution in [-0.4, -0.2) is 71.8 Å². The molecule has 4 aromatic carbocycles. The van der Waals surface area contributed by atoms with Crippen LogP contribution < -0.4 is 0 Å². The van der Waals surface area contributed by atoms with Crippen molar-refractivity contribution in [2.45, 2.75) is 268 Å².